The highest BCUT2D eigenvalue weighted by atomic mass is 35.5. The molecule has 7 heteroatoms. The van der Waals surface area contributed by atoms with Crippen molar-refractivity contribution in [2.75, 3.05) is 5.32 Å². The summed E-state index contributed by atoms with van der Waals surface area (Å²) in [7, 11) is 0. The normalized spacial score (nSPS) is 27.4. The number of fused-ring (bicyclic) bond motifs is 5. The first-order valence-corrected chi connectivity index (χ1v) is 10.4. The third-order valence-corrected chi connectivity index (χ3v) is 6.75. The average molecular weight is 422 g/mol. The second-order valence-corrected chi connectivity index (χ2v) is 8.48. The Morgan fingerprint density at radius 3 is 2.43 bits per heavy atom. The maximum absolute atomic E-state index is 13.3. The first kappa shape index (κ1) is 19.0. The van der Waals surface area contributed by atoms with E-state index in [0.29, 0.717) is 16.3 Å². The van der Waals surface area contributed by atoms with Crippen LogP contribution in [0.2, 0.25) is 5.02 Å². The van der Waals surface area contributed by atoms with Gasteiger partial charge in [0, 0.05) is 11.2 Å². The lowest BCUT2D eigenvalue weighted by Gasteiger charge is -2.28. The van der Waals surface area contributed by atoms with E-state index in [0.717, 1.165) is 6.42 Å². The second kappa shape index (κ2) is 7.36. The first-order valence-electron chi connectivity index (χ1n) is 10.0. The molecule has 3 amide bonds. The van der Waals surface area contributed by atoms with E-state index in [-0.39, 0.29) is 47.8 Å². The molecule has 1 aliphatic heterocycles. The number of aromatic nitrogens is 1. The van der Waals surface area contributed by atoms with Crippen LogP contribution in [-0.2, 0) is 14.4 Å². The Morgan fingerprint density at radius 1 is 1.10 bits per heavy atom. The molecule has 30 heavy (non-hydrogen) atoms. The summed E-state index contributed by atoms with van der Waals surface area (Å²) in [6, 6.07) is 9.76. The number of hydrogen-bond donors (Lipinski definition) is 1. The molecule has 5 rings (SSSR count). The van der Waals surface area contributed by atoms with Crippen LogP contribution >= 0.6 is 11.6 Å². The summed E-state index contributed by atoms with van der Waals surface area (Å²) in [5, 5.41) is 3.22. The van der Waals surface area contributed by atoms with E-state index >= 15 is 0 Å². The molecule has 2 aliphatic carbocycles. The third kappa shape index (κ3) is 3.03. The van der Waals surface area contributed by atoms with Crippen LogP contribution < -0.4 is 5.32 Å². The van der Waals surface area contributed by atoms with Gasteiger partial charge in [0.05, 0.1) is 36.2 Å². The highest BCUT2D eigenvalue weighted by Gasteiger charge is 2.60. The fraction of sp³-hybridized carbons (Fsp3) is 0.304. The fourth-order valence-electron chi connectivity index (χ4n) is 5.14. The molecule has 1 saturated heterocycles. The molecule has 152 valence electrons. The molecule has 2 aromatic rings. The van der Waals surface area contributed by atoms with E-state index < -0.39 is 6.04 Å². The number of halogens is 1. The van der Waals surface area contributed by atoms with Gasteiger partial charge in [-0.2, -0.15) is 0 Å². The number of amides is 3. The molecular formula is C23H20ClN3O3. The Balaban J connectivity index is 1.46. The van der Waals surface area contributed by atoms with Crippen LogP contribution in [0.1, 0.15) is 24.4 Å². The van der Waals surface area contributed by atoms with Crippen molar-refractivity contribution < 1.29 is 14.4 Å². The quantitative estimate of drug-likeness (QED) is 0.590. The van der Waals surface area contributed by atoms with Crippen molar-refractivity contribution in [1.82, 2.24) is 9.88 Å². The van der Waals surface area contributed by atoms with Gasteiger partial charge in [-0.05, 0) is 42.0 Å². The summed E-state index contributed by atoms with van der Waals surface area (Å²) in [6.07, 6.45) is 8.06. The minimum atomic E-state index is -0.750. The standard InChI is InChI=1S/C23H20ClN3O3/c24-17-6-2-1-5-16(17)18(11-19(28)26-15-4-3-9-25-12-15)27-22(29)20-13-7-8-14(10-13)21(20)23(27)30/h1-9,12-14,18,20-21H,10-11H2,(H,26,28). The van der Waals surface area contributed by atoms with Gasteiger partial charge < -0.3 is 5.32 Å². The number of pyridine rings is 1. The topological polar surface area (TPSA) is 79.4 Å². The number of benzene rings is 1. The van der Waals surface area contributed by atoms with Crippen molar-refractivity contribution in [3.63, 3.8) is 0 Å². The number of hydrogen-bond acceptors (Lipinski definition) is 4. The molecule has 1 aromatic carbocycles. The van der Waals surface area contributed by atoms with Crippen LogP contribution in [0.3, 0.4) is 0 Å². The average Bonchev–Trinajstić information content (AvgIpc) is 3.42. The van der Waals surface area contributed by atoms with Crippen molar-refractivity contribution in [3.05, 3.63) is 71.5 Å². The summed E-state index contributed by atoms with van der Waals surface area (Å²) in [6.45, 7) is 0. The number of rotatable bonds is 5. The van der Waals surface area contributed by atoms with Crippen molar-refractivity contribution in [1.29, 1.82) is 0 Å². The lowest BCUT2D eigenvalue weighted by molar-refractivity contribution is -0.144. The van der Waals surface area contributed by atoms with E-state index in [4.69, 9.17) is 11.6 Å². The first-order chi connectivity index (χ1) is 14.5. The van der Waals surface area contributed by atoms with E-state index in [1.165, 1.54) is 4.90 Å². The van der Waals surface area contributed by atoms with Crippen molar-refractivity contribution in [3.8, 4) is 0 Å². The number of carbonyl (C=O) groups is 3. The van der Waals surface area contributed by atoms with Crippen LogP contribution in [0, 0.1) is 23.7 Å². The SMILES string of the molecule is O=C(CC(c1ccccc1Cl)N1C(=O)C2C3C=CC(C3)C2C1=O)Nc1cccnc1. The van der Waals surface area contributed by atoms with E-state index in [2.05, 4.69) is 22.5 Å². The number of nitrogens with one attached hydrogen (secondary N) is 1. The minimum absolute atomic E-state index is 0.0711. The van der Waals surface area contributed by atoms with Crippen LogP contribution in [0.4, 0.5) is 5.69 Å². The second-order valence-electron chi connectivity index (χ2n) is 8.08. The largest absolute Gasteiger partial charge is 0.325 e. The van der Waals surface area contributed by atoms with E-state index in [1.54, 1.807) is 48.8 Å². The lowest BCUT2D eigenvalue weighted by atomic mass is 9.85. The Bertz CT molecular complexity index is 1020. The molecule has 1 N–H and O–H groups in total. The Labute approximate surface area is 178 Å². The van der Waals surface area contributed by atoms with E-state index in [1.807, 2.05) is 0 Å². The van der Waals surface area contributed by atoms with Gasteiger partial charge in [0.15, 0.2) is 0 Å². The maximum atomic E-state index is 13.3. The number of likely N-dealkylation sites (tertiary alicyclic amines) is 1. The molecule has 5 atom stereocenters. The van der Waals surface area contributed by atoms with Gasteiger partial charge in [-0.25, -0.2) is 0 Å². The van der Waals surface area contributed by atoms with Crippen LogP contribution in [0.15, 0.2) is 60.9 Å². The summed E-state index contributed by atoms with van der Waals surface area (Å²) < 4.78 is 0. The smallest absolute Gasteiger partial charge is 0.234 e. The zero-order valence-electron chi connectivity index (χ0n) is 16.1. The monoisotopic (exact) mass is 421 g/mol. The predicted octanol–water partition coefficient (Wildman–Crippen LogP) is 3.61. The Morgan fingerprint density at radius 2 is 1.80 bits per heavy atom. The predicted molar refractivity (Wildman–Crippen MR) is 111 cm³/mol. The number of allylic oxidation sites excluding steroid dienone is 2. The number of carbonyl (C=O) groups excluding carboxylic acids is 3. The third-order valence-electron chi connectivity index (χ3n) is 6.40. The summed E-state index contributed by atoms with van der Waals surface area (Å²) in [4.78, 5) is 44.8. The van der Waals surface area contributed by atoms with Gasteiger partial charge in [-0.3, -0.25) is 24.3 Å². The molecule has 5 unspecified atom stereocenters. The van der Waals surface area contributed by atoms with Gasteiger partial charge in [-0.1, -0.05) is 42.0 Å². The summed E-state index contributed by atoms with van der Waals surface area (Å²) in [5.74, 6) is -1.12. The Kier molecular flexibility index (Phi) is 4.66. The minimum Gasteiger partial charge on any atom is -0.325 e. The number of anilines is 1. The zero-order valence-corrected chi connectivity index (χ0v) is 16.8. The molecule has 3 aliphatic rings. The Hall–Kier alpha value is -2.99. The highest BCUT2D eigenvalue weighted by molar-refractivity contribution is 6.31. The van der Waals surface area contributed by atoms with E-state index in [9.17, 15) is 14.4 Å². The molecule has 2 fully saturated rings. The molecule has 0 spiro atoms. The molecule has 1 aromatic heterocycles. The molecule has 2 bridgehead atoms. The summed E-state index contributed by atoms with van der Waals surface area (Å²) in [5.41, 5.74) is 1.15. The molecule has 1 saturated carbocycles. The number of nitrogens with zero attached hydrogens (tertiary/aromatic N) is 2. The van der Waals surface area contributed by atoms with Crippen LogP contribution in [0.5, 0.6) is 0 Å². The van der Waals surface area contributed by atoms with Gasteiger partial charge in [0.1, 0.15) is 0 Å². The van der Waals surface area contributed by atoms with Crippen LogP contribution in [0.25, 0.3) is 0 Å². The highest BCUT2D eigenvalue weighted by Crippen LogP contribution is 2.54. The van der Waals surface area contributed by atoms with Crippen molar-refractivity contribution >= 4 is 35.0 Å². The van der Waals surface area contributed by atoms with Crippen molar-refractivity contribution in [2.45, 2.75) is 18.9 Å². The lowest BCUT2D eigenvalue weighted by Crippen LogP contribution is -2.38. The number of imide groups is 1. The van der Waals surface area contributed by atoms with Gasteiger partial charge >= 0.3 is 0 Å². The zero-order chi connectivity index (χ0) is 20.8. The molecule has 2 heterocycles. The van der Waals surface area contributed by atoms with Gasteiger partial charge in [0.2, 0.25) is 17.7 Å². The fourth-order valence-corrected chi connectivity index (χ4v) is 5.40. The van der Waals surface area contributed by atoms with Crippen molar-refractivity contribution in [2.24, 2.45) is 23.7 Å². The molecule has 6 nitrogen and oxygen atoms in total. The van der Waals surface area contributed by atoms with Gasteiger partial charge in [0.25, 0.3) is 0 Å². The molecule has 0 radical (unpaired) electrons. The molecular weight excluding hydrogens is 402 g/mol. The maximum Gasteiger partial charge on any atom is 0.234 e. The van der Waals surface area contributed by atoms with Crippen LogP contribution in [-0.4, -0.2) is 27.6 Å². The van der Waals surface area contributed by atoms with Gasteiger partial charge in [-0.15, -0.1) is 0 Å². The summed E-state index contributed by atoms with van der Waals surface area (Å²) >= 11 is 6.42.